The van der Waals surface area contributed by atoms with Crippen LogP contribution < -0.4 is 5.32 Å². The number of hydrogen-bond acceptors (Lipinski definition) is 4. The van der Waals surface area contributed by atoms with E-state index in [1.165, 1.54) is 18.2 Å². The van der Waals surface area contributed by atoms with E-state index < -0.39 is 10.8 Å². The molecule has 6 nitrogen and oxygen atoms in total. The Labute approximate surface area is 115 Å². The van der Waals surface area contributed by atoms with E-state index in [0.717, 1.165) is 0 Å². The zero-order valence-corrected chi connectivity index (χ0v) is 11.4. The molecule has 1 aromatic rings. The van der Waals surface area contributed by atoms with Gasteiger partial charge in [-0.3, -0.25) is 14.9 Å². The molecule has 1 N–H and O–H groups in total. The fourth-order valence-corrected chi connectivity index (χ4v) is 1.80. The van der Waals surface area contributed by atoms with Crippen LogP contribution >= 0.6 is 11.6 Å². The number of nitro groups is 1. The van der Waals surface area contributed by atoms with Crippen molar-refractivity contribution in [3.05, 3.63) is 38.9 Å². The molecule has 0 radical (unpaired) electrons. The monoisotopic (exact) mass is 286 g/mol. The minimum atomic E-state index is -0.663. The quantitative estimate of drug-likeness (QED) is 0.643. The summed E-state index contributed by atoms with van der Waals surface area (Å²) in [5.41, 5.74) is -0.438. The molecule has 0 spiro atoms. The number of carbonyl (C=O) groups is 1. The van der Waals surface area contributed by atoms with Crippen molar-refractivity contribution in [2.75, 3.05) is 13.2 Å². The predicted octanol–water partition coefficient (Wildman–Crippen LogP) is 2.40. The van der Waals surface area contributed by atoms with Gasteiger partial charge >= 0.3 is 5.69 Å². The standard InChI is InChI=1S/C12H15ClN2O4/c1-3-19-8(2)7-14-12(16)9-5-4-6-10(13)11(9)15(17)18/h4-6,8H,3,7H2,1-2H3,(H,14,16). The molecular formula is C12H15ClN2O4. The number of carbonyl (C=O) groups excluding carboxylic acids is 1. The van der Waals surface area contributed by atoms with E-state index in [-0.39, 0.29) is 28.9 Å². The number of halogens is 1. The van der Waals surface area contributed by atoms with E-state index in [0.29, 0.717) is 6.61 Å². The summed E-state index contributed by atoms with van der Waals surface area (Å²) in [6.07, 6.45) is -0.160. The highest BCUT2D eigenvalue weighted by atomic mass is 35.5. The summed E-state index contributed by atoms with van der Waals surface area (Å²) in [4.78, 5) is 22.1. The number of para-hydroxylation sites is 1. The van der Waals surface area contributed by atoms with Crippen LogP contribution in [0.15, 0.2) is 18.2 Å². The van der Waals surface area contributed by atoms with Gasteiger partial charge in [0, 0.05) is 13.2 Å². The van der Waals surface area contributed by atoms with Crippen LogP contribution in [0.2, 0.25) is 5.02 Å². The molecule has 0 aliphatic carbocycles. The third-order valence-corrected chi connectivity index (χ3v) is 2.72. The molecule has 1 aromatic carbocycles. The summed E-state index contributed by atoms with van der Waals surface area (Å²) >= 11 is 5.73. The lowest BCUT2D eigenvalue weighted by molar-refractivity contribution is -0.385. The fourth-order valence-electron chi connectivity index (χ4n) is 1.56. The number of nitrogens with zero attached hydrogens (tertiary/aromatic N) is 1. The highest BCUT2D eigenvalue weighted by Gasteiger charge is 2.23. The van der Waals surface area contributed by atoms with Crippen LogP contribution in [0.1, 0.15) is 24.2 Å². The first kappa shape index (κ1) is 15.4. The van der Waals surface area contributed by atoms with Crippen LogP contribution in [-0.4, -0.2) is 30.1 Å². The largest absolute Gasteiger partial charge is 0.377 e. The van der Waals surface area contributed by atoms with E-state index in [1.54, 1.807) is 6.92 Å². The van der Waals surface area contributed by atoms with E-state index in [4.69, 9.17) is 16.3 Å². The molecular weight excluding hydrogens is 272 g/mol. The number of benzene rings is 1. The number of hydrogen-bond donors (Lipinski definition) is 1. The predicted molar refractivity (Wildman–Crippen MR) is 71.5 cm³/mol. The first-order valence-corrected chi connectivity index (χ1v) is 6.17. The molecule has 0 aromatic heterocycles. The second-order valence-electron chi connectivity index (χ2n) is 3.87. The van der Waals surface area contributed by atoms with Gasteiger partial charge in [0.2, 0.25) is 0 Å². The Hall–Kier alpha value is -1.66. The molecule has 104 valence electrons. The third kappa shape index (κ3) is 4.18. The number of ether oxygens (including phenoxy) is 1. The normalized spacial score (nSPS) is 11.9. The maximum atomic E-state index is 11.9. The highest BCUT2D eigenvalue weighted by Crippen LogP contribution is 2.27. The van der Waals surface area contributed by atoms with Crippen molar-refractivity contribution >= 4 is 23.2 Å². The number of amides is 1. The van der Waals surface area contributed by atoms with Crippen molar-refractivity contribution in [2.24, 2.45) is 0 Å². The number of rotatable bonds is 6. The van der Waals surface area contributed by atoms with E-state index in [9.17, 15) is 14.9 Å². The summed E-state index contributed by atoms with van der Waals surface area (Å²) in [6.45, 7) is 4.46. The summed E-state index contributed by atoms with van der Waals surface area (Å²) < 4.78 is 5.25. The van der Waals surface area contributed by atoms with Gasteiger partial charge in [-0.2, -0.15) is 0 Å². The Morgan fingerprint density at radius 1 is 1.58 bits per heavy atom. The maximum Gasteiger partial charge on any atom is 0.300 e. The van der Waals surface area contributed by atoms with E-state index in [2.05, 4.69) is 5.32 Å². The Morgan fingerprint density at radius 3 is 2.84 bits per heavy atom. The van der Waals surface area contributed by atoms with Gasteiger partial charge in [-0.25, -0.2) is 0 Å². The molecule has 1 amide bonds. The summed E-state index contributed by atoms with van der Waals surface area (Å²) in [5.74, 6) is -0.541. The van der Waals surface area contributed by atoms with Gasteiger partial charge in [-0.1, -0.05) is 17.7 Å². The second-order valence-corrected chi connectivity index (χ2v) is 4.28. The molecule has 7 heteroatoms. The molecule has 0 saturated carbocycles. The maximum absolute atomic E-state index is 11.9. The second kappa shape index (κ2) is 7.06. The molecule has 0 aliphatic heterocycles. The average molecular weight is 287 g/mol. The van der Waals surface area contributed by atoms with Crippen LogP contribution in [0.3, 0.4) is 0 Å². The molecule has 1 rings (SSSR count). The van der Waals surface area contributed by atoms with Crippen LogP contribution in [0.4, 0.5) is 5.69 Å². The smallest absolute Gasteiger partial charge is 0.300 e. The van der Waals surface area contributed by atoms with Gasteiger partial charge in [0.05, 0.1) is 11.0 Å². The van der Waals surface area contributed by atoms with Gasteiger partial charge in [-0.05, 0) is 26.0 Å². The molecule has 0 aliphatic rings. The zero-order chi connectivity index (χ0) is 14.4. The average Bonchev–Trinajstić information content (AvgIpc) is 2.35. The molecule has 0 bridgehead atoms. The topological polar surface area (TPSA) is 81.5 Å². The number of nitrogens with one attached hydrogen (secondary N) is 1. The van der Waals surface area contributed by atoms with Gasteiger partial charge in [0.15, 0.2) is 0 Å². The molecule has 0 heterocycles. The third-order valence-electron chi connectivity index (χ3n) is 2.42. The van der Waals surface area contributed by atoms with Crippen molar-refractivity contribution in [2.45, 2.75) is 20.0 Å². The SMILES string of the molecule is CCOC(C)CNC(=O)c1cccc(Cl)c1[N+](=O)[O-]. The molecule has 1 atom stereocenters. The van der Waals surface area contributed by atoms with Crippen molar-refractivity contribution in [1.82, 2.24) is 5.32 Å². The molecule has 1 unspecified atom stereocenters. The van der Waals surface area contributed by atoms with Crippen LogP contribution in [0.5, 0.6) is 0 Å². The number of nitro benzene ring substituents is 1. The van der Waals surface area contributed by atoms with Crippen molar-refractivity contribution in [1.29, 1.82) is 0 Å². The van der Waals surface area contributed by atoms with Gasteiger partial charge in [0.25, 0.3) is 5.91 Å². The minimum Gasteiger partial charge on any atom is -0.377 e. The van der Waals surface area contributed by atoms with Crippen molar-refractivity contribution in [3.63, 3.8) is 0 Å². The van der Waals surface area contributed by atoms with Gasteiger partial charge in [0.1, 0.15) is 10.6 Å². The lowest BCUT2D eigenvalue weighted by Gasteiger charge is -2.12. The van der Waals surface area contributed by atoms with Gasteiger partial charge < -0.3 is 10.1 Å². The van der Waals surface area contributed by atoms with Crippen LogP contribution in [0.25, 0.3) is 0 Å². The van der Waals surface area contributed by atoms with Crippen molar-refractivity contribution in [3.8, 4) is 0 Å². The minimum absolute atomic E-state index is 0.0544. The Bertz CT molecular complexity index is 479. The van der Waals surface area contributed by atoms with Crippen molar-refractivity contribution < 1.29 is 14.5 Å². The Kier molecular flexibility index (Phi) is 5.72. The first-order valence-electron chi connectivity index (χ1n) is 5.80. The zero-order valence-electron chi connectivity index (χ0n) is 10.7. The van der Waals surface area contributed by atoms with E-state index in [1.807, 2.05) is 6.92 Å². The summed E-state index contributed by atoms with van der Waals surface area (Å²) in [7, 11) is 0. The Balaban J connectivity index is 2.83. The summed E-state index contributed by atoms with van der Waals surface area (Å²) in [5, 5.41) is 13.4. The lowest BCUT2D eigenvalue weighted by Crippen LogP contribution is -2.32. The summed E-state index contributed by atoms with van der Waals surface area (Å²) in [6, 6.07) is 4.24. The first-order chi connectivity index (χ1) is 8.97. The highest BCUT2D eigenvalue weighted by molar-refractivity contribution is 6.33. The molecule has 19 heavy (non-hydrogen) atoms. The van der Waals surface area contributed by atoms with Gasteiger partial charge in [-0.15, -0.1) is 0 Å². The van der Waals surface area contributed by atoms with Crippen LogP contribution in [0, 0.1) is 10.1 Å². The van der Waals surface area contributed by atoms with Crippen LogP contribution in [-0.2, 0) is 4.74 Å². The Morgan fingerprint density at radius 2 is 2.26 bits per heavy atom. The lowest BCUT2D eigenvalue weighted by atomic mass is 10.1. The fraction of sp³-hybridized carbons (Fsp3) is 0.417. The molecule has 0 saturated heterocycles. The van der Waals surface area contributed by atoms with E-state index >= 15 is 0 Å². The molecule has 0 fully saturated rings.